The van der Waals surface area contributed by atoms with E-state index in [1.54, 1.807) is 6.20 Å². The van der Waals surface area contributed by atoms with Gasteiger partial charge in [-0.05, 0) is 55.5 Å². The molecular weight excluding hydrogens is 348 g/mol. The van der Waals surface area contributed by atoms with Gasteiger partial charge in [0.2, 0.25) is 0 Å². The Kier molecular flexibility index (Phi) is 5.00. The highest BCUT2D eigenvalue weighted by Gasteiger charge is 2.23. The maximum atomic E-state index is 6.48. The van der Waals surface area contributed by atoms with Crippen LogP contribution < -0.4 is 4.74 Å². The molecular formula is C23H28N4O. The molecule has 0 N–H and O–H groups in total. The Morgan fingerprint density at radius 3 is 2.61 bits per heavy atom. The van der Waals surface area contributed by atoms with E-state index in [1.165, 1.54) is 42.1 Å². The molecule has 5 rings (SSSR count). The van der Waals surface area contributed by atoms with Crippen LogP contribution >= 0.6 is 0 Å². The van der Waals surface area contributed by atoms with Gasteiger partial charge in [0.05, 0.1) is 11.7 Å². The summed E-state index contributed by atoms with van der Waals surface area (Å²) in [7, 11) is 0. The van der Waals surface area contributed by atoms with Crippen molar-refractivity contribution in [3.63, 3.8) is 0 Å². The summed E-state index contributed by atoms with van der Waals surface area (Å²) in [6.45, 7) is 3.07. The van der Waals surface area contributed by atoms with Crippen LogP contribution in [0.2, 0.25) is 0 Å². The number of piperidine rings is 1. The van der Waals surface area contributed by atoms with E-state index in [0.717, 1.165) is 38.2 Å². The number of hydrogen-bond donors (Lipinski definition) is 0. The first-order valence-electron chi connectivity index (χ1n) is 10.6. The van der Waals surface area contributed by atoms with Crippen molar-refractivity contribution in [1.29, 1.82) is 0 Å². The normalized spacial score (nSPS) is 19.4. The quantitative estimate of drug-likeness (QED) is 0.653. The first-order chi connectivity index (χ1) is 13.9. The smallest absolute Gasteiger partial charge is 0.129 e. The average Bonchev–Trinajstić information content (AvgIpc) is 3.40. The monoisotopic (exact) mass is 376 g/mol. The highest BCUT2D eigenvalue weighted by molar-refractivity contribution is 5.86. The number of benzene rings is 1. The molecule has 1 saturated carbocycles. The molecule has 0 atom stereocenters. The minimum Gasteiger partial charge on any atom is -0.490 e. The maximum Gasteiger partial charge on any atom is 0.129 e. The summed E-state index contributed by atoms with van der Waals surface area (Å²) in [5, 5.41) is 9.10. The molecule has 0 amide bonds. The van der Waals surface area contributed by atoms with E-state index >= 15 is 0 Å². The Labute approximate surface area is 166 Å². The number of aromatic nitrogens is 3. The Morgan fingerprint density at radius 1 is 0.964 bits per heavy atom. The van der Waals surface area contributed by atoms with Crippen LogP contribution in [0.3, 0.4) is 0 Å². The topological polar surface area (TPSA) is 43.2 Å². The van der Waals surface area contributed by atoms with E-state index in [4.69, 9.17) is 4.74 Å². The van der Waals surface area contributed by atoms with Crippen LogP contribution in [0.15, 0.2) is 48.9 Å². The van der Waals surface area contributed by atoms with Crippen LogP contribution in [0, 0.1) is 0 Å². The molecule has 5 nitrogen and oxygen atoms in total. The van der Waals surface area contributed by atoms with Crippen LogP contribution in [-0.4, -0.2) is 38.9 Å². The Bertz CT molecular complexity index is 909. The number of likely N-dealkylation sites (tertiary alicyclic amines) is 1. The van der Waals surface area contributed by atoms with Crippen molar-refractivity contribution in [2.75, 3.05) is 13.1 Å². The van der Waals surface area contributed by atoms with E-state index in [1.807, 2.05) is 12.3 Å². The third-order valence-electron chi connectivity index (χ3n) is 6.32. The van der Waals surface area contributed by atoms with Crippen molar-refractivity contribution < 1.29 is 4.74 Å². The van der Waals surface area contributed by atoms with Crippen LogP contribution in [0.1, 0.15) is 50.1 Å². The zero-order valence-corrected chi connectivity index (χ0v) is 16.3. The predicted molar refractivity (Wildman–Crippen MR) is 110 cm³/mol. The minimum atomic E-state index is 0.298. The zero-order valence-electron chi connectivity index (χ0n) is 16.3. The second kappa shape index (κ2) is 7.92. The molecule has 0 bridgehead atoms. The summed E-state index contributed by atoms with van der Waals surface area (Å²) < 4.78 is 8.95. The van der Waals surface area contributed by atoms with Crippen LogP contribution in [0.5, 0.6) is 5.75 Å². The minimum absolute atomic E-state index is 0.298. The van der Waals surface area contributed by atoms with Crippen LogP contribution in [0.25, 0.3) is 10.9 Å². The van der Waals surface area contributed by atoms with Gasteiger partial charge in [0.25, 0.3) is 0 Å². The number of hydrogen-bond acceptors (Lipinski definition) is 4. The largest absolute Gasteiger partial charge is 0.490 e. The van der Waals surface area contributed by atoms with Crippen molar-refractivity contribution in [2.45, 2.75) is 57.2 Å². The van der Waals surface area contributed by atoms with E-state index in [9.17, 15) is 0 Å². The van der Waals surface area contributed by atoms with Crippen molar-refractivity contribution >= 4 is 10.9 Å². The average molecular weight is 377 g/mol. The van der Waals surface area contributed by atoms with Crippen molar-refractivity contribution in [1.82, 2.24) is 19.7 Å². The fraction of sp³-hybridized carbons (Fsp3) is 0.478. The summed E-state index contributed by atoms with van der Waals surface area (Å²) in [6.07, 6.45) is 13.6. The molecule has 1 aromatic carbocycles. The van der Waals surface area contributed by atoms with E-state index in [2.05, 4.69) is 50.1 Å². The third-order valence-corrected chi connectivity index (χ3v) is 6.32. The third kappa shape index (κ3) is 3.63. The first-order valence-corrected chi connectivity index (χ1v) is 10.6. The van der Waals surface area contributed by atoms with Crippen molar-refractivity contribution in [3.05, 3.63) is 54.5 Å². The summed E-state index contributed by atoms with van der Waals surface area (Å²) in [5.41, 5.74) is 2.56. The lowest BCUT2D eigenvalue weighted by atomic mass is 10.1. The molecule has 2 aromatic heterocycles. The fourth-order valence-corrected chi connectivity index (χ4v) is 4.80. The molecule has 1 aliphatic heterocycles. The van der Waals surface area contributed by atoms with Gasteiger partial charge in [-0.15, -0.1) is 0 Å². The number of fused-ring (bicyclic) bond motifs is 1. The number of rotatable bonds is 5. The van der Waals surface area contributed by atoms with Gasteiger partial charge in [-0.3, -0.25) is 4.90 Å². The Morgan fingerprint density at radius 2 is 1.82 bits per heavy atom. The van der Waals surface area contributed by atoms with Crippen LogP contribution in [0.4, 0.5) is 0 Å². The molecule has 146 valence electrons. The first kappa shape index (κ1) is 17.7. The molecule has 1 aliphatic carbocycles. The molecule has 0 spiro atoms. The van der Waals surface area contributed by atoms with Gasteiger partial charge < -0.3 is 9.30 Å². The summed E-state index contributed by atoms with van der Waals surface area (Å²) in [6, 6.07) is 11.5. The van der Waals surface area contributed by atoms with Gasteiger partial charge in [-0.1, -0.05) is 18.9 Å². The van der Waals surface area contributed by atoms with Gasteiger partial charge in [-0.2, -0.15) is 10.2 Å². The van der Waals surface area contributed by atoms with Gasteiger partial charge >= 0.3 is 0 Å². The van der Waals surface area contributed by atoms with E-state index in [-0.39, 0.29) is 0 Å². The van der Waals surface area contributed by atoms with Crippen molar-refractivity contribution in [3.8, 4) is 5.75 Å². The number of nitrogens with zero attached hydrogens (tertiary/aromatic N) is 4. The van der Waals surface area contributed by atoms with Gasteiger partial charge in [0, 0.05) is 43.5 Å². The van der Waals surface area contributed by atoms with Crippen molar-refractivity contribution in [2.24, 2.45) is 0 Å². The second-order valence-electron chi connectivity index (χ2n) is 8.19. The molecule has 28 heavy (non-hydrogen) atoms. The maximum absolute atomic E-state index is 6.48. The SMILES string of the molecule is c1cc(OC2CCN(Cc3ccnnc3)CC2)c2ccn(C3CCCC3)c2c1. The lowest BCUT2D eigenvalue weighted by Gasteiger charge is -2.32. The molecule has 2 fully saturated rings. The highest BCUT2D eigenvalue weighted by atomic mass is 16.5. The molecule has 0 unspecified atom stereocenters. The lowest BCUT2D eigenvalue weighted by Crippen LogP contribution is -2.37. The van der Waals surface area contributed by atoms with E-state index in [0.29, 0.717) is 12.1 Å². The molecule has 0 radical (unpaired) electrons. The molecule has 3 heterocycles. The molecule has 3 aromatic rings. The summed E-state index contributed by atoms with van der Waals surface area (Å²) >= 11 is 0. The zero-order chi connectivity index (χ0) is 18.8. The van der Waals surface area contributed by atoms with Crippen LogP contribution in [-0.2, 0) is 6.54 Å². The predicted octanol–water partition coefficient (Wildman–Crippen LogP) is 4.59. The van der Waals surface area contributed by atoms with Gasteiger partial charge in [0.1, 0.15) is 11.9 Å². The summed E-state index contributed by atoms with van der Waals surface area (Å²) in [4.78, 5) is 2.48. The molecule has 1 saturated heterocycles. The lowest BCUT2D eigenvalue weighted by molar-refractivity contribution is 0.0979. The van der Waals surface area contributed by atoms with Gasteiger partial charge in [0.15, 0.2) is 0 Å². The Balaban J connectivity index is 1.24. The highest BCUT2D eigenvalue weighted by Crippen LogP contribution is 2.36. The van der Waals surface area contributed by atoms with Gasteiger partial charge in [-0.25, -0.2) is 0 Å². The standard InChI is InChI=1S/C23H28N4O/c1-2-5-19(4-1)27-15-11-21-22(27)6-3-7-23(21)28-20-9-13-26(14-10-20)17-18-8-12-24-25-16-18/h3,6-8,11-12,15-16,19-20H,1-2,4-5,9-10,13-14,17H2. The number of ether oxygens (including phenoxy) is 1. The molecule has 5 heteroatoms. The fourth-order valence-electron chi connectivity index (χ4n) is 4.80. The van der Waals surface area contributed by atoms with E-state index < -0.39 is 0 Å². The molecule has 2 aliphatic rings. The second-order valence-corrected chi connectivity index (χ2v) is 8.19. The summed E-state index contributed by atoms with van der Waals surface area (Å²) in [5.74, 6) is 1.05. The Hall–Kier alpha value is -2.40.